The van der Waals surface area contributed by atoms with E-state index in [2.05, 4.69) is 12.2 Å². The van der Waals surface area contributed by atoms with Gasteiger partial charge in [0, 0.05) is 25.4 Å². The summed E-state index contributed by atoms with van der Waals surface area (Å²) < 4.78 is 5.08. The lowest BCUT2D eigenvalue weighted by atomic mass is 9.99. The summed E-state index contributed by atoms with van der Waals surface area (Å²) in [6.07, 6.45) is 3.61. The predicted octanol–water partition coefficient (Wildman–Crippen LogP) is 2.68. The molecular formula is C17H20N4O4. The lowest BCUT2D eigenvalue weighted by Gasteiger charge is -2.29. The molecule has 1 aromatic carbocycles. The summed E-state index contributed by atoms with van der Waals surface area (Å²) in [7, 11) is 1.35. The Morgan fingerprint density at radius 2 is 2.16 bits per heavy atom. The van der Waals surface area contributed by atoms with Gasteiger partial charge in [0.1, 0.15) is 17.4 Å². The fraction of sp³-hybridized carbons (Fsp3) is 0.412. The van der Waals surface area contributed by atoms with Crippen LogP contribution in [0.3, 0.4) is 0 Å². The summed E-state index contributed by atoms with van der Waals surface area (Å²) in [5.74, 6) is 0.230. The molecule has 0 spiro atoms. The van der Waals surface area contributed by atoms with Crippen LogP contribution in [0.2, 0.25) is 0 Å². The maximum Gasteiger partial charge on any atom is 0.273 e. The average molecular weight is 344 g/mol. The number of nitrogens with one attached hydrogen (secondary N) is 1. The summed E-state index contributed by atoms with van der Waals surface area (Å²) in [6, 6.07) is 5.77. The molecule has 8 nitrogen and oxygen atoms in total. The molecule has 132 valence electrons. The van der Waals surface area contributed by atoms with Gasteiger partial charge >= 0.3 is 0 Å². The molecule has 1 heterocycles. The van der Waals surface area contributed by atoms with Crippen molar-refractivity contribution in [3.05, 3.63) is 40.1 Å². The summed E-state index contributed by atoms with van der Waals surface area (Å²) in [4.78, 5) is 24.6. The Hall–Kier alpha value is -3.08. The Kier molecular flexibility index (Phi) is 5.95. The molecule has 1 aliphatic rings. The molecular weight excluding hydrogens is 324 g/mol. The molecule has 1 saturated heterocycles. The summed E-state index contributed by atoms with van der Waals surface area (Å²) in [5.41, 5.74) is 0.106. The van der Waals surface area contributed by atoms with E-state index < -0.39 is 10.8 Å². The molecule has 1 fully saturated rings. The Morgan fingerprint density at radius 3 is 2.72 bits per heavy atom. The number of carbonyl (C=O) groups excluding carboxylic acids is 1. The van der Waals surface area contributed by atoms with Gasteiger partial charge < -0.3 is 15.0 Å². The largest absolute Gasteiger partial charge is 0.494 e. The third kappa shape index (κ3) is 4.70. The number of anilines is 1. The SMILES string of the molecule is COc1cc([N+](=O)[O-])ccc1NC(=O)/C(C#N)=C\N1CCC(C)CC1. The number of piperidine rings is 1. The van der Waals surface area contributed by atoms with Crippen LogP contribution in [0.1, 0.15) is 19.8 Å². The Morgan fingerprint density at radius 1 is 1.48 bits per heavy atom. The molecule has 0 unspecified atom stereocenters. The normalized spacial score (nSPS) is 15.4. The van der Waals surface area contributed by atoms with E-state index >= 15 is 0 Å². The maximum atomic E-state index is 12.4. The number of rotatable bonds is 5. The van der Waals surface area contributed by atoms with E-state index in [1.54, 1.807) is 6.20 Å². The Bertz CT molecular complexity index is 731. The van der Waals surface area contributed by atoms with Gasteiger partial charge in [-0.05, 0) is 24.8 Å². The molecule has 1 amide bonds. The predicted molar refractivity (Wildman–Crippen MR) is 91.9 cm³/mol. The number of benzene rings is 1. The first-order valence-corrected chi connectivity index (χ1v) is 7.94. The number of amides is 1. The second kappa shape index (κ2) is 8.15. The molecule has 2 rings (SSSR count). The van der Waals surface area contributed by atoms with Gasteiger partial charge in [-0.1, -0.05) is 6.92 Å². The number of hydrogen-bond acceptors (Lipinski definition) is 6. The van der Waals surface area contributed by atoms with E-state index in [0.717, 1.165) is 25.9 Å². The Balaban J connectivity index is 2.14. The number of hydrogen-bond donors (Lipinski definition) is 1. The number of nitrogens with zero attached hydrogens (tertiary/aromatic N) is 3. The van der Waals surface area contributed by atoms with Crippen LogP contribution in [-0.4, -0.2) is 35.9 Å². The van der Waals surface area contributed by atoms with Gasteiger partial charge in [0.25, 0.3) is 11.6 Å². The van der Waals surface area contributed by atoms with Gasteiger partial charge in [0.05, 0.1) is 23.8 Å². The van der Waals surface area contributed by atoms with Gasteiger partial charge in [-0.15, -0.1) is 0 Å². The molecule has 25 heavy (non-hydrogen) atoms. The zero-order valence-electron chi connectivity index (χ0n) is 14.2. The zero-order chi connectivity index (χ0) is 18.4. The van der Waals surface area contributed by atoms with Gasteiger partial charge in [-0.2, -0.15) is 5.26 Å². The number of ether oxygens (including phenoxy) is 1. The molecule has 0 atom stereocenters. The molecule has 8 heteroatoms. The van der Waals surface area contributed by atoms with Crippen LogP contribution in [0.4, 0.5) is 11.4 Å². The van der Waals surface area contributed by atoms with Crippen LogP contribution < -0.4 is 10.1 Å². The molecule has 0 radical (unpaired) electrons. The van der Waals surface area contributed by atoms with E-state index in [1.807, 2.05) is 11.0 Å². The van der Waals surface area contributed by atoms with Crippen molar-refractivity contribution in [1.29, 1.82) is 5.26 Å². The number of nitro benzene ring substituents is 1. The van der Waals surface area contributed by atoms with E-state index in [1.165, 1.54) is 25.3 Å². The molecule has 0 saturated carbocycles. The second-order valence-corrected chi connectivity index (χ2v) is 5.97. The lowest BCUT2D eigenvalue weighted by molar-refractivity contribution is -0.384. The van der Waals surface area contributed by atoms with Crippen molar-refractivity contribution >= 4 is 17.3 Å². The number of nitro groups is 1. The van der Waals surface area contributed by atoms with Crippen LogP contribution in [0.15, 0.2) is 30.0 Å². The van der Waals surface area contributed by atoms with Gasteiger partial charge in [-0.3, -0.25) is 14.9 Å². The van der Waals surface area contributed by atoms with Crippen LogP contribution in [0.5, 0.6) is 5.75 Å². The van der Waals surface area contributed by atoms with Crippen LogP contribution >= 0.6 is 0 Å². The topological polar surface area (TPSA) is 108 Å². The molecule has 0 aliphatic carbocycles. The van der Waals surface area contributed by atoms with Crippen LogP contribution in [0.25, 0.3) is 0 Å². The van der Waals surface area contributed by atoms with Crippen LogP contribution in [-0.2, 0) is 4.79 Å². The first-order valence-electron chi connectivity index (χ1n) is 7.94. The minimum Gasteiger partial charge on any atom is -0.494 e. The van der Waals surface area contributed by atoms with Gasteiger partial charge in [0.2, 0.25) is 0 Å². The van der Waals surface area contributed by atoms with Crippen molar-refractivity contribution in [3.63, 3.8) is 0 Å². The smallest absolute Gasteiger partial charge is 0.273 e. The summed E-state index contributed by atoms with van der Waals surface area (Å²) in [6.45, 7) is 3.79. The third-order valence-electron chi connectivity index (χ3n) is 4.14. The number of nitriles is 1. The minimum atomic E-state index is -0.576. The fourth-order valence-electron chi connectivity index (χ4n) is 2.56. The van der Waals surface area contributed by atoms with Crippen molar-refractivity contribution in [2.24, 2.45) is 5.92 Å². The quantitative estimate of drug-likeness (QED) is 0.381. The maximum absolute atomic E-state index is 12.4. The molecule has 0 aromatic heterocycles. The minimum absolute atomic E-state index is 0.0186. The highest BCUT2D eigenvalue weighted by Gasteiger charge is 2.18. The number of non-ortho nitro benzene ring substituents is 1. The molecule has 1 aliphatic heterocycles. The highest BCUT2D eigenvalue weighted by atomic mass is 16.6. The van der Waals surface area contributed by atoms with Gasteiger partial charge in [0.15, 0.2) is 0 Å². The first-order chi connectivity index (χ1) is 11.9. The summed E-state index contributed by atoms with van der Waals surface area (Å²) >= 11 is 0. The number of carbonyl (C=O) groups is 1. The highest BCUT2D eigenvalue weighted by molar-refractivity contribution is 6.07. The molecule has 1 aromatic rings. The third-order valence-corrected chi connectivity index (χ3v) is 4.14. The van der Waals surface area contributed by atoms with Crippen LogP contribution in [0, 0.1) is 27.4 Å². The summed E-state index contributed by atoms with van der Waals surface area (Å²) in [5, 5.41) is 22.7. The fourth-order valence-corrected chi connectivity index (χ4v) is 2.56. The first kappa shape index (κ1) is 18.3. The van der Waals surface area contributed by atoms with Crippen molar-refractivity contribution < 1.29 is 14.5 Å². The zero-order valence-corrected chi connectivity index (χ0v) is 14.2. The van der Waals surface area contributed by atoms with E-state index in [4.69, 9.17) is 4.74 Å². The monoisotopic (exact) mass is 344 g/mol. The van der Waals surface area contributed by atoms with E-state index in [-0.39, 0.29) is 22.7 Å². The number of methoxy groups -OCH3 is 1. The number of likely N-dealkylation sites (tertiary alicyclic amines) is 1. The lowest BCUT2D eigenvalue weighted by Crippen LogP contribution is -2.29. The average Bonchev–Trinajstić information content (AvgIpc) is 2.61. The van der Waals surface area contributed by atoms with Crippen molar-refractivity contribution in [2.75, 3.05) is 25.5 Å². The van der Waals surface area contributed by atoms with Crippen molar-refractivity contribution in [3.8, 4) is 11.8 Å². The van der Waals surface area contributed by atoms with E-state index in [9.17, 15) is 20.2 Å². The second-order valence-electron chi connectivity index (χ2n) is 5.97. The van der Waals surface area contributed by atoms with Crippen molar-refractivity contribution in [2.45, 2.75) is 19.8 Å². The van der Waals surface area contributed by atoms with E-state index in [0.29, 0.717) is 5.92 Å². The molecule has 0 bridgehead atoms. The Labute approximate surface area is 145 Å². The van der Waals surface area contributed by atoms with Gasteiger partial charge in [-0.25, -0.2) is 0 Å². The van der Waals surface area contributed by atoms with Crippen molar-refractivity contribution in [1.82, 2.24) is 4.90 Å². The highest BCUT2D eigenvalue weighted by Crippen LogP contribution is 2.29. The standard InChI is InChI=1S/C17H20N4O4/c1-12-5-7-20(8-6-12)11-13(10-18)17(22)19-15-4-3-14(21(23)24)9-16(15)25-2/h3-4,9,11-12H,5-8H2,1-2H3,(H,19,22)/b13-11-. The molecule has 1 N–H and O–H groups in total.